The third-order valence-corrected chi connectivity index (χ3v) is 10.9. The first-order chi connectivity index (χ1) is 24.9. The predicted octanol–water partition coefficient (Wildman–Crippen LogP) is 10.4. The minimum Gasteiger partial charge on any atom is -0.492 e. The third-order valence-electron chi connectivity index (χ3n) is 9.79. The zero-order valence-electron chi connectivity index (χ0n) is 29.2. The van der Waals surface area contributed by atoms with Crippen LogP contribution in [0.5, 0.6) is 17.2 Å². The van der Waals surface area contributed by atoms with E-state index in [1.165, 1.54) is 57.8 Å². The minimum atomic E-state index is 0.187. The molecular weight excluding hydrogens is 703 g/mol. The van der Waals surface area contributed by atoms with E-state index in [-0.39, 0.29) is 13.2 Å². The SMILES string of the molecule is C[C@@H]1CCCCN1Cc1cc(Cl)c(OCc2cccc(-c3cccc(OCCCN4CCCCC4)c3Cl)c2Cl)cc1OCc1cncc(C#N)c1. The van der Waals surface area contributed by atoms with Crippen molar-refractivity contribution in [2.45, 2.75) is 77.7 Å². The number of likely N-dealkylation sites (tertiary alicyclic amines) is 2. The fraction of sp³-hybridized carbons (Fsp3) is 0.415. The number of nitriles is 1. The van der Waals surface area contributed by atoms with Crippen LogP contribution in [0.2, 0.25) is 15.1 Å². The van der Waals surface area contributed by atoms with E-state index in [1.807, 2.05) is 48.5 Å². The van der Waals surface area contributed by atoms with Crippen molar-refractivity contribution >= 4 is 34.8 Å². The number of benzene rings is 3. The highest BCUT2D eigenvalue weighted by Gasteiger charge is 2.22. The molecule has 1 atom stereocenters. The monoisotopic (exact) mass is 746 g/mol. The van der Waals surface area contributed by atoms with Crippen molar-refractivity contribution in [3.8, 4) is 34.4 Å². The highest BCUT2D eigenvalue weighted by molar-refractivity contribution is 6.37. The van der Waals surface area contributed by atoms with Crippen molar-refractivity contribution in [2.75, 3.05) is 32.8 Å². The molecule has 2 aliphatic rings. The highest BCUT2D eigenvalue weighted by Crippen LogP contribution is 2.41. The zero-order valence-corrected chi connectivity index (χ0v) is 31.5. The molecule has 7 nitrogen and oxygen atoms in total. The highest BCUT2D eigenvalue weighted by atomic mass is 35.5. The van der Waals surface area contributed by atoms with Crippen molar-refractivity contribution < 1.29 is 14.2 Å². The largest absolute Gasteiger partial charge is 0.492 e. The molecule has 10 heteroatoms. The van der Waals surface area contributed by atoms with Crippen LogP contribution >= 0.6 is 34.8 Å². The Morgan fingerprint density at radius 3 is 2.35 bits per heavy atom. The van der Waals surface area contributed by atoms with Gasteiger partial charge in [-0.1, -0.05) is 78.0 Å². The van der Waals surface area contributed by atoms with E-state index < -0.39 is 0 Å². The van der Waals surface area contributed by atoms with E-state index in [9.17, 15) is 5.26 Å². The smallest absolute Gasteiger partial charge is 0.142 e. The van der Waals surface area contributed by atoms with Gasteiger partial charge in [-0.25, -0.2) is 0 Å². The molecule has 1 aromatic heterocycles. The Kier molecular flexibility index (Phi) is 13.4. The molecule has 51 heavy (non-hydrogen) atoms. The second-order valence-corrected chi connectivity index (χ2v) is 14.6. The van der Waals surface area contributed by atoms with Gasteiger partial charge in [0.25, 0.3) is 0 Å². The lowest BCUT2D eigenvalue weighted by molar-refractivity contribution is 0.150. The van der Waals surface area contributed by atoms with Crippen molar-refractivity contribution in [2.24, 2.45) is 0 Å². The molecule has 4 aromatic rings. The van der Waals surface area contributed by atoms with E-state index in [2.05, 4.69) is 27.8 Å². The molecule has 0 amide bonds. The fourth-order valence-corrected chi connectivity index (χ4v) is 7.69. The average Bonchev–Trinajstić information content (AvgIpc) is 3.15. The Labute approximate surface area is 317 Å². The molecule has 0 saturated carbocycles. The zero-order chi connectivity index (χ0) is 35.6. The van der Waals surface area contributed by atoms with Gasteiger partial charge in [-0.2, -0.15) is 5.26 Å². The Bertz CT molecular complexity index is 1820. The molecule has 3 heterocycles. The molecule has 3 aromatic carbocycles. The molecule has 0 radical (unpaired) electrons. The molecule has 0 aliphatic carbocycles. The van der Waals surface area contributed by atoms with Crippen LogP contribution in [0, 0.1) is 11.3 Å². The van der Waals surface area contributed by atoms with Crippen LogP contribution in [-0.4, -0.2) is 53.6 Å². The number of rotatable bonds is 14. The number of aromatic nitrogens is 1. The summed E-state index contributed by atoms with van der Waals surface area (Å²) in [5.74, 6) is 1.82. The van der Waals surface area contributed by atoms with E-state index in [0.29, 0.717) is 57.1 Å². The first kappa shape index (κ1) is 37.3. The Balaban J connectivity index is 1.17. The summed E-state index contributed by atoms with van der Waals surface area (Å²) in [6.45, 7) is 8.44. The number of halogens is 3. The summed E-state index contributed by atoms with van der Waals surface area (Å²) in [4.78, 5) is 9.16. The number of pyridine rings is 1. The lowest BCUT2D eigenvalue weighted by Crippen LogP contribution is -2.36. The van der Waals surface area contributed by atoms with E-state index in [1.54, 1.807) is 12.3 Å². The van der Waals surface area contributed by atoms with E-state index >= 15 is 0 Å². The normalized spacial score (nSPS) is 16.8. The van der Waals surface area contributed by atoms with Gasteiger partial charge in [0.2, 0.25) is 0 Å². The van der Waals surface area contributed by atoms with Crippen LogP contribution in [-0.2, 0) is 19.8 Å². The van der Waals surface area contributed by atoms with E-state index in [4.69, 9.17) is 49.0 Å². The molecule has 0 N–H and O–H groups in total. The summed E-state index contributed by atoms with van der Waals surface area (Å²) in [7, 11) is 0. The third kappa shape index (κ3) is 9.88. The van der Waals surface area contributed by atoms with Gasteiger partial charge >= 0.3 is 0 Å². The van der Waals surface area contributed by atoms with Crippen molar-refractivity contribution in [1.29, 1.82) is 5.26 Å². The summed E-state index contributed by atoms with van der Waals surface area (Å²) in [6, 6.07) is 19.8. The summed E-state index contributed by atoms with van der Waals surface area (Å²) in [5.41, 5.74) is 4.67. The second-order valence-electron chi connectivity index (χ2n) is 13.5. The van der Waals surface area contributed by atoms with Crippen molar-refractivity contribution in [3.63, 3.8) is 0 Å². The molecule has 2 saturated heterocycles. The molecule has 2 aliphatic heterocycles. The molecule has 268 valence electrons. The second kappa shape index (κ2) is 18.3. The Morgan fingerprint density at radius 1 is 0.784 bits per heavy atom. The maximum atomic E-state index is 9.33. The topological polar surface area (TPSA) is 70.8 Å². The Hall–Kier alpha value is -3.51. The first-order valence-electron chi connectivity index (χ1n) is 18.0. The maximum absolute atomic E-state index is 9.33. The van der Waals surface area contributed by atoms with Crippen LogP contribution in [0.3, 0.4) is 0 Å². The van der Waals surface area contributed by atoms with Gasteiger partial charge in [-0.05, 0) is 76.9 Å². The van der Waals surface area contributed by atoms with Gasteiger partial charge in [0.05, 0.1) is 27.2 Å². The molecular formula is C41H45Cl3N4O3. The maximum Gasteiger partial charge on any atom is 0.142 e. The summed E-state index contributed by atoms with van der Waals surface area (Å²) < 4.78 is 18.8. The van der Waals surface area contributed by atoms with E-state index in [0.717, 1.165) is 47.3 Å². The van der Waals surface area contributed by atoms with Gasteiger partial charge in [0, 0.05) is 65.4 Å². The standard InChI is InChI=1S/C41H45Cl3N4O3/c1-29-10-3-6-18-48(29)26-33-21-36(42)39(22-38(33)50-27-31-20-30(23-45)24-46-25-31)51-28-32-11-7-12-34(40(32)43)35-13-8-14-37(41(35)44)49-19-9-17-47-15-4-2-5-16-47/h7-8,11-14,20-22,24-25,29H,2-6,9-10,15-19,26-28H2,1H3/t29-/m1/s1. The van der Waals surface area contributed by atoms with Gasteiger partial charge in [0.1, 0.15) is 36.5 Å². The van der Waals surface area contributed by atoms with Gasteiger partial charge in [-0.15, -0.1) is 0 Å². The molecule has 0 bridgehead atoms. The minimum absolute atomic E-state index is 0.187. The van der Waals surface area contributed by atoms with Gasteiger partial charge in [-0.3, -0.25) is 9.88 Å². The Morgan fingerprint density at radius 2 is 1.55 bits per heavy atom. The first-order valence-corrected chi connectivity index (χ1v) is 19.1. The predicted molar refractivity (Wildman–Crippen MR) is 205 cm³/mol. The van der Waals surface area contributed by atoms with Crippen LogP contribution in [0.4, 0.5) is 0 Å². The average molecular weight is 748 g/mol. The summed E-state index contributed by atoms with van der Waals surface area (Å²) in [5, 5.41) is 10.9. The van der Waals surface area contributed by atoms with Gasteiger partial charge < -0.3 is 19.1 Å². The number of hydrogen-bond acceptors (Lipinski definition) is 7. The van der Waals surface area contributed by atoms with Crippen LogP contribution in [0.25, 0.3) is 11.1 Å². The molecule has 0 unspecified atom stereocenters. The molecule has 6 rings (SSSR count). The van der Waals surface area contributed by atoms with Crippen molar-refractivity contribution in [3.05, 3.63) is 104 Å². The number of piperidine rings is 2. The lowest BCUT2D eigenvalue weighted by atomic mass is 10.0. The molecule has 0 spiro atoms. The summed E-state index contributed by atoms with van der Waals surface area (Å²) >= 11 is 20.8. The van der Waals surface area contributed by atoms with Crippen molar-refractivity contribution in [1.82, 2.24) is 14.8 Å². The quantitative estimate of drug-likeness (QED) is 0.119. The summed E-state index contributed by atoms with van der Waals surface area (Å²) in [6.07, 6.45) is 11.7. The van der Waals surface area contributed by atoms with Gasteiger partial charge in [0.15, 0.2) is 0 Å². The number of hydrogen-bond donors (Lipinski definition) is 0. The lowest BCUT2D eigenvalue weighted by Gasteiger charge is -2.33. The number of ether oxygens (including phenoxy) is 3. The fourth-order valence-electron chi connectivity index (χ4n) is 6.88. The van der Waals surface area contributed by atoms with Crippen LogP contribution in [0.15, 0.2) is 67.0 Å². The number of nitrogens with zero attached hydrogens (tertiary/aromatic N) is 4. The van der Waals surface area contributed by atoms with Crippen LogP contribution in [0.1, 0.15) is 74.1 Å². The van der Waals surface area contributed by atoms with Crippen LogP contribution < -0.4 is 14.2 Å². The molecule has 2 fully saturated rings.